The predicted octanol–water partition coefficient (Wildman–Crippen LogP) is 2.52. The Morgan fingerprint density at radius 3 is 2.71 bits per heavy atom. The topological polar surface area (TPSA) is 75.4 Å². The Bertz CT molecular complexity index is 513. The number of rotatable bonds is 3. The van der Waals surface area contributed by atoms with Gasteiger partial charge in [0.15, 0.2) is 0 Å². The van der Waals surface area contributed by atoms with Crippen molar-refractivity contribution < 1.29 is 9.90 Å². The lowest BCUT2D eigenvalue weighted by atomic mass is 9.61. The summed E-state index contributed by atoms with van der Waals surface area (Å²) in [7, 11) is 0. The standard InChI is InChI=1S/C17H26N2O2/c1-11-14(18)9-8-13(17(11,2)3)16(21)19-15-7-5-4-6-12(15)10-20/h4-7,11,13-14,20H,8-10,18H2,1-3H3,(H,19,21). The van der Waals surface area contributed by atoms with Crippen LogP contribution in [0.1, 0.15) is 39.2 Å². The number of carbonyl (C=O) groups is 1. The minimum absolute atomic E-state index is 0.0275. The maximum atomic E-state index is 12.7. The largest absolute Gasteiger partial charge is 0.392 e. The summed E-state index contributed by atoms with van der Waals surface area (Å²) in [5, 5.41) is 12.3. The van der Waals surface area contributed by atoms with Gasteiger partial charge >= 0.3 is 0 Å². The maximum Gasteiger partial charge on any atom is 0.228 e. The average molecular weight is 290 g/mol. The Balaban J connectivity index is 2.16. The van der Waals surface area contributed by atoms with Crippen LogP contribution in [0.3, 0.4) is 0 Å². The molecule has 1 saturated carbocycles. The van der Waals surface area contributed by atoms with E-state index in [-0.39, 0.29) is 29.9 Å². The highest BCUT2D eigenvalue weighted by atomic mass is 16.3. The van der Waals surface area contributed by atoms with Crippen LogP contribution in [0.25, 0.3) is 0 Å². The smallest absolute Gasteiger partial charge is 0.228 e. The zero-order valence-electron chi connectivity index (χ0n) is 13.1. The van der Waals surface area contributed by atoms with Gasteiger partial charge in [-0.25, -0.2) is 0 Å². The first-order valence-corrected chi connectivity index (χ1v) is 7.63. The minimum Gasteiger partial charge on any atom is -0.392 e. The molecular weight excluding hydrogens is 264 g/mol. The summed E-state index contributed by atoms with van der Waals surface area (Å²) in [5.74, 6) is 0.272. The summed E-state index contributed by atoms with van der Waals surface area (Å²) in [6, 6.07) is 7.52. The zero-order chi connectivity index (χ0) is 15.6. The monoisotopic (exact) mass is 290 g/mol. The second-order valence-corrected chi connectivity index (χ2v) is 6.71. The molecule has 21 heavy (non-hydrogen) atoms. The number of amides is 1. The van der Waals surface area contributed by atoms with E-state index in [0.717, 1.165) is 18.4 Å². The normalized spacial score (nSPS) is 28.1. The third-order valence-electron chi connectivity index (χ3n) is 5.26. The molecule has 0 saturated heterocycles. The molecule has 3 unspecified atom stereocenters. The van der Waals surface area contributed by atoms with Gasteiger partial charge in [-0.15, -0.1) is 0 Å². The Labute approximate surface area is 126 Å². The van der Waals surface area contributed by atoms with Crippen molar-refractivity contribution in [1.29, 1.82) is 0 Å². The first-order valence-electron chi connectivity index (χ1n) is 7.63. The number of aliphatic hydroxyl groups is 1. The first kappa shape index (κ1) is 16.0. The van der Waals surface area contributed by atoms with Crippen LogP contribution >= 0.6 is 0 Å². The van der Waals surface area contributed by atoms with Crippen LogP contribution in [-0.2, 0) is 11.4 Å². The highest BCUT2D eigenvalue weighted by Crippen LogP contribution is 2.44. The van der Waals surface area contributed by atoms with E-state index in [9.17, 15) is 9.90 Å². The summed E-state index contributed by atoms with van der Waals surface area (Å²) >= 11 is 0. The van der Waals surface area contributed by atoms with Crippen LogP contribution in [0, 0.1) is 17.3 Å². The van der Waals surface area contributed by atoms with Crippen LogP contribution in [0.4, 0.5) is 5.69 Å². The number of hydrogen-bond acceptors (Lipinski definition) is 3. The molecule has 2 rings (SSSR count). The van der Waals surface area contributed by atoms with E-state index >= 15 is 0 Å². The van der Waals surface area contributed by atoms with Gasteiger partial charge in [0.05, 0.1) is 6.61 Å². The van der Waals surface area contributed by atoms with Gasteiger partial charge in [-0.1, -0.05) is 39.0 Å². The Hall–Kier alpha value is -1.39. The molecule has 0 radical (unpaired) electrons. The van der Waals surface area contributed by atoms with Crippen molar-refractivity contribution in [3.05, 3.63) is 29.8 Å². The fourth-order valence-corrected chi connectivity index (χ4v) is 3.32. The van der Waals surface area contributed by atoms with Gasteiger partial charge in [0.1, 0.15) is 0 Å². The molecule has 1 aromatic rings. The molecule has 116 valence electrons. The lowest BCUT2D eigenvalue weighted by Gasteiger charge is -2.46. The van der Waals surface area contributed by atoms with Gasteiger partial charge in [-0.3, -0.25) is 4.79 Å². The van der Waals surface area contributed by atoms with Gasteiger partial charge in [-0.2, -0.15) is 0 Å². The predicted molar refractivity (Wildman–Crippen MR) is 84.6 cm³/mol. The molecule has 1 aliphatic carbocycles. The minimum atomic E-state index is -0.129. The molecule has 1 aliphatic rings. The van der Waals surface area contributed by atoms with Gasteiger partial charge in [0, 0.05) is 23.2 Å². The molecule has 0 aliphatic heterocycles. The Kier molecular flexibility index (Phi) is 4.69. The quantitative estimate of drug-likeness (QED) is 0.800. The van der Waals surface area contributed by atoms with Crippen LogP contribution in [0.2, 0.25) is 0 Å². The van der Waals surface area contributed by atoms with E-state index in [1.807, 2.05) is 24.3 Å². The van der Waals surface area contributed by atoms with Crippen molar-refractivity contribution in [2.45, 2.75) is 46.3 Å². The number of nitrogens with one attached hydrogen (secondary N) is 1. The van der Waals surface area contributed by atoms with E-state index < -0.39 is 0 Å². The molecule has 4 heteroatoms. The molecule has 1 fully saturated rings. The molecular formula is C17H26N2O2. The van der Waals surface area contributed by atoms with Crippen molar-refractivity contribution >= 4 is 11.6 Å². The Morgan fingerprint density at radius 1 is 1.38 bits per heavy atom. The average Bonchev–Trinajstić information content (AvgIpc) is 2.45. The molecule has 1 aromatic carbocycles. The highest BCUT2D eigenvalue weighted by molar-refractivity contribution is 5.93. The van der Waals surface area contributed by atoms with Gasteiger partial charge in [0.2, 0.25) is 5.91 Å². The van der Waals surface area contributed by atoms with E-state index in [2.05, 4.69) is 26.1 Å². The summed E-state index contributed by atoms with van der Waals surface area (Å²) in [4.78, 5) is 12.7. The number of aliphatic hydroxyl groups excluding tert-OH is 1. The summed E-state index contributed by atoms with van der Waals surface area (Å²) in [6.45, 7) is 6.30. The molecule has 4 nitrogen and oxygen atoms in total. The number of carbonyl (C=O) groups excluding carboxylic acids is 1. The van der Waals surface area contributed by atoms with Crippen LogP contribution in [0.15, 0.2) is 24.3 Å². The Morgan fingerprint density at radius 2 is 2.05 bits per heavy atom. The fourth-order valence-electron chi connectivity index (χ4n) is 3.32. The van der Waals surface area contributed by atoms with Gasteiger partial charge < -0.3 is 16.2 Å². The second-order valence-electron chi connectivity index (χ2n) is 6.71. The van der Waals surface area contributed by atoms with E-state index in [1.165, 1.54) is 0 Å². The number of hydrogen-bond donors (Lipinski definition) is 3. The second kappa shape index (κ2) is 6.16. The van der Waals surface area contributed by atoms with Crippen molar-refractivity contribution in [1.82, 2.24) is 0 Å². The van der Waals surface area contributed by atoms with Crippen LogP contribution < -0.4 is 11.1 Å². The first-order chi connectivity index (χ1) is 9.87. The van der Waals surface area contributed by atoms with Crippen molar-refractivity contribution in [3.63, 3.8) is 0 Å². The van der Waals surface area contributed by atoms with E-state index in [4.69, 9.17) is 5.73 Å². The van der Waals surface area contributed by atoms with Gasteiger partial charge in [0.25, 0.3) is 0 Å². The number of benzene rings is 1. The van der Waals surface area contributed by atoms with Crippen molar-refractivity contribution in [3.8, 4) is 0 Å². The summed E-state index contributed by atoms with van der Waals surface area (Å²) in [6.07, 6.45) is 1.69. The molecule has 1 amide bonds. The van der Waals surface area contributed by atoms with Gasteiger partial charge in [-0.05, 0) is 30.2 Å². The molecule has 3 atom stereocenters. The highest BCUT2D eigenvalue weighted by Gasteiger charge is 2.45. The van der Waals surface area contributed by atoms with E-state index in [1.54, 1.807) is 0 Å². The van der Waals surface area contributed by atoms with Crippen LogP contribution in [0.5, 0.6) is 0 Å². The molecule has 4 N–H and O–H groups in total. The SMILES string of the molecule is CC1C(N)CCC(C(=O)Nc2ccccc2CO)C1(C)C. The lowest BCUT2D eigenvalue weighted by Crippen LogP contribution is -2.50. The van der Waals surface area contributed by atoms with Crippen molar-refractivity contribution in [2.75, 3.05) is 5.32 Å². The number of para-hydroxylation sites is 1. The van der Waals surface area contributed by atoms with Crippen LogP contribution in [-0.4, -0.2) is 17.1 Å². The zero-order valence-corrected chi connectivity index (χ0v) is 13.1. The molecule has 0 spiro atoms. The molecule has 0 bridgehead atoms. The maximum absolute atomic E-state index is 12.7. The molecule has 0 heterocycles. The third-order valence-corrected chi connectivity index (χ3v) is 5.26. The lowest BCUT2D eigenvalue weighted by molar-refractivity contribution is -0.127. The van der Waals surface area contributed by atoms with E-state index in [0.29, 0.717) is 11.6 Å². The molecule has 0 aromatic heterocycles. The summed E-state index contributed by atoms with van der Waals surface area (Å²) < 4.78 is 0. The fraction of sp³-hybridized carbons (Fsp3) is 0.588. The number of anilines is 1. The van der Waals surface area contributed by atoms with Crippen molar-refractivity contribution in [2.24, 2.45) is 23.0 Å². The number of nitrogens with two attached hydrogens (primary N) is 1. The summed E-state index contributed by atoms with van der Waals surface area (Å²) in [5.41, 5.74) is 7.46. The third kappa shape index (κ3) is 3.11.